The lowest BCUT2D eigenvalue weighted by molar-refractivity contribution is -0.130. The van der Waals surface area contributed by atoms with Gasteiger partial charge in [0.2, 0.25) is 11.8 Å². The summed E-state index contributed by atoms with van der Waals surface area (Å²) in [5, 5.41) is 9.86. The van der Waals surface area contributed by atoms with Crippen LogP contribution in [-0.4, -0.2) is 75.6 Å². The standard InChI is InChI=1S/C29H36N4O4/c1-20-17-33(21(2)19-34)29(36)25-14-23(12-11-22-8-4-5-9-22)16-31-28(25)37-26(20)18-32(3)27(35)15-24-10-6-7-13-30-24/h6-7,10,13-14,16,20-22,26,34H,4-5,8-9,15,17-19H2,1-3H3/t20-,21+,26+/m0/s1. The lowest BCUT2D eigenvalue weighted by Crippen LogP contribution is -2.50. The number of amides is 2. The molecule has 8 nitrogen and oxygen atoms in total. The van der Waals surface area contributed by atoms with E-state index in [4.69, 9.17) is 4.74 Å². The second-order valence-electron chi connectivity index (χ2n) is 10.2. The predicted octanol–water partition coefficient (Wildman–Crippen LogP) is 2.94. The number of fused-ring (bicyclic) bond motifs is 1. The van der Waals surface area contributed by atoms with E-state index in [-0.39, 0.29) is 42.7 Å². The Balaban J connectivity index is 1.58. The van der Waals surface area contributed by atoms with Gasteiger partial charge in [0, 0.05) is 49.1 Å². The molecule has 0 saturated heterocycles. The SMILES string of the molecule is C[C@H](CO)N1C[C@H](C)[C@@H](CN(C)C(=O)Cc2ccccn2)Oc2ncc(C#CC3CCCC3)cc2C1=O. The molecule has 2 aromatic rings. The number of ether oxygens (including phenoxy) is 1. The number of nitrogens with zero attached hydrogens (tertiary/aromatic N) is 4. The van der Waals surface area contributed by atoms with E-state index in [1.165, 1.54) is 12.8 Å². The van der Waals surface area contributed by atoms with Gasteiger partial charge < -0.3 is 19.6 Å². The van der Waals surface area contributed by atoms with Crippen LogP contribution in [-0.2, 0) is 11.2 Å². The van der Waals surface area contributed by atoms with Gasteiger partial charge in [0.15, 0.2) is 0 Å². The number of hydrogen-bond acceptors (Lipinski definition) is 6. The van der Waals surface area contributed by atoms with Gasteiger partial charge in [-0.1, -0.05) is 37.7 Å². The maximum atomic E-state index is 13.6. The minimum atomic E-state index is -0.402. The van der Waals surface area contributed by atoms with Gasteiger partial charge in [-0.2, -0.15) is 0 Å². The Hall–Kier alpha value is -3.44. The zero-order valence-corrected chi connectivity index (χ0v) is 21.9. The number of carbonyl (C=O) groups excluding carboxylic acids is 2. The van der Waals surface area contributed by atoms with E-state index in [0.29, 0.717) is 35.8 Å². The second-order valence-corrected chi connectivity index (χ2v) is 10.2. The van der Waals surface area contributed by atoms with Gasteiger partial charge >= 0.3 is 0 Å². The third kappa shape index (κ3) is 6.66. The summed E-state index contributed by atoms with van der Waals surface area (Å²) in [4.78, 5) is 38.5. The zero-order chi connectivity index (χ0) is 26.4. The van der Waals surface area contributed by atoms with Gasteiger partial charge in [-0.15, -0.1) is 0 Å². The highest BCUT2D eigenvalue weighted by Gasteiger charge is 2.34. The van der Waals surface area contributed by atoms with Crippen LogP contribution in [0.25, 0.3) is 0 Å². The summed E-state index contributed by atoms with van der Waals surface area (Å²) in [6.07, 6.45) is 7.76. The Morgan fingerprint density at radius 1 is 1.30 bits per heavy atom. The van der Waals surface area contributed by atoms with Crippen molar-refractivity contribution in [2.45, 2.75) is 58.1 Å². The quantitative estimate of drug-likeness (QED) is 0.608. The van der Waals surface area contributed by atoms with Gasteiger partial charge in [-0.05, 0) is 38.0 Å². The lowest BCUT2D eigenvalue weighted by atomic mass is 9.99. The molecule has 2 amide bonds. The number of aliphatic hydroxyl groups excluding tert-OH is 1. The van der Waals surface area contributed by atoms with Crippen LogP contribution in [0.5, 0.6) is 5.88 Å². The average Bonchev–Trinajstić information content (AvgIpc) is 3.43. The lowest BCUT2D eigenvalue weighted by Gasteiger charge is -2.37. The number of aliphatic hydroxyl groups is 1. The molecule has 196 valence electrons. The number of rotatable bonds is 6. The third-order valence-corrected chi connectivity index (χ3v) is 7.23. The summed E-state index contributed by atoms with van der Waals surface area (Å²) in [5.74, 6) is 6.72. The molecule has 0 bridgehead atoms. The topological polar surface area (TPSA) is 95.9 Å². The van der Waals surface area contributed by atoms with Gasteiger partial charge in [0.1, 0.15) is 11.7 Å². The highest BCUT2D eigenvalue weighted by Crippen LogP contribution is 2.28. The van der Waals surface area contributed by atoms with E-state index in [0.717, 1.165) is 12.8 Å². The Kier molecular flexibility index (Phi) is 8.78. The molecule has 0 unspecified atom stereocenters. The molecule has 1 N–H and O–H groups in total. The van der Waals surface area contributed by atoms with Crippen molar-refractivity contribution in [3.05, 3.63) is 53.5 Å². The maximum Gasteiger partial charge on any atom is 0.259 e. The van der Waals surface area contributed by atoms with Gasteiger partial charge in [-0.25, -0.2) is 4.98 Å². The minimum absolute atomic E-state index is 0.0704. The first-order valence-corrected chi connectivity index (χ1v) is 13.1. The number of pyridine rings is 2. The fourth-order valence-electron chi connectivity index (χ4n) is 4.81. The number of carbonyl (C=O) groups is 2. The van der Waals surface area contributed by atoms with E-state index < -0.39 is 6.10 Å². The van der Waals surface area contributed by atoms with Crippen molar-refractivity contribution >= 4 is 11.8 Å². The summed E-state index contributed by atoms with van der Waals surface area (Å²) in [7, 11) is 1.75. The molecule has 0 spiro atoms. The normalized spacial score (nSPS) is 20.6. The van der Waals surface area contributed by atoms with Gasteiger partial charge in [-0.3, -0.25) is 14.6 Å². The molecule has 3 heterocycles. The Morgan fingerprint density at radius 2 is 2.08 bits per heavy atom. The molecule has 1 aliphatic carbocycles. The van der Waals surface area contributed by atoms with Crippen molar-refractivity contribution in [3.8, 4) is 17.7 Å². The molecule has 37 heavy (non-hydrogen) atoms. The van der Waals surface area contributed by atoms with Crippen molar-refractivity contribution in [2.24, 2.45) is 11.8 Å². The fraction of sp³-hybridized carbons (Fsp3) is 0.517. The molecule has 1 aliphatic heterocycles. The van der Waals surface area contributed by atoms with E-state index in [1.807, 2.05) is 32.0 Å². The second kappa shape index (κ2) is 12.2. The summed E-state index contributed by atoms with van der Waals surface area (Å²) < 4.78 is 6.31. The van der Waals surface area contributed by atoms with Gasteiger partial charge in [0.05, 0.1) is 25.6 Å². The molecule has 1 saturated carbocycles. The molecule has 1 fully saturated rings. The molecular weight excluding hydrogens is 468 g/mol. The Bertz CT molecular complexity index is 1150. The molecule has 0 radical (unpaired) electrons. The molecule has 0 aromatic carbocycles. The van der Waals surface area contributed by atoms with Crippen LogP contribution in [0.1, 0.15) is 61.1 Å². The smallest absolute Gasteiger partial charge is 0.259 e. The highest BCUT2D eigenvalue weighted by atomic mass is 16.5. The van der Waals surface area contributed by atoms with Crippen LogP contribution in [0, 0.1) is 23.7 Å². The summed E-state index contributed by atoms with van der Waals surface area (Å²) in [6, 6.07) is 6.87. The molecule has 4 rings (SSSR count). The Labute approximate surface area is 219 Å². The van der Waals surface area contributed by atoms with Crippen LogP contribution >= 0.6 is 0 Å². The van der Waals surface area contributed by atoms with E-state index in [1.54, 1.807) is 35.3 Å². The van der Waals surface area contributed by atoms with Crippen LogP contribution < -0.4 is 4.74 Å². The highest BCUT2D eigenvalue weighted by molar-refractivity contribution is 5.97. The molecular formula is C29H36N4O4. The van der Waals surface area contributed by atoms with Crippen LogP contribution in [0.2, 0.25) is 0 Å². The van der Waals surface area contributed by atoms with Crippen LogP contribution in [0.3, 0.4) is 0 Å². The monoisotopic (exact) mass is 504 g/mol. The van der Waals surface area contributed by atoms with Crippen molar-refractivity contribution in [2.75, 3.05) is 26.7 Å². The maximum absolute atomic E-state index is 13.6. The first-order valence-electron chi connectivity index (χ1n) is 13.1. The van der Waals surface area contributed by atoms with E-state index in [9.17, 15) is 14.7 Å². The summed E-state index contributed by atoms with van der Waals surface area (Å²) >= 11 is 0. The van der Waals surface area contributed by atoms with E-state index >= 15 is 0 Å². The van der Waals surface area contributed by atoms with E-state index in [2.05, 4.69) is 21.8 Å². The average molecular weight is 505 g/mol. The van der Waals surface area contributed by atoms with Crippen molar-refractivity contribution in [1.29, 1.82) is 0 Å². The molecule has 2 aliphatic rings. The first kappa shape index (κ1) is 26.6. The van der Waals surface area contributed by atoms with Crippen molar-refractivity contribution in [3.63, 3.8) is 0 Å². The molecule has 8 heteroatoms. The Morgan fingerprint density at radius 3 is 2.78 bits per heavy atom. The minimum Gasteiger partial charge on any atom is -0.472 e. The number of likely N-dealkylation sites (N-methyl/N-ethyl adjacent to an activating group) is 1. The summed E-state index contributed by atoms with van der Waals surface area (Å²) in [6.45, 7) is 4.36. The third-order valence-electron chi connectivity index (χ3n) is 7.23. The van der Waals surface area contributed by atoms with Crippen LogP contribution in [0.4, 0.5) is 0 Å². The largest absolute Gasteiger partial charge is 0.472 e. The molecule has 2 aromatic heterocycles. The van der Waals surface area contributed by atoms with Gasteiger partial charge in [0.25, 0.3) is 5.91 Å². The zero-order valence-electron chi connectivity index (χ0n) is 21.9. The predicted molar refractivity (Wildman–Crippen MR) is 140 cm³/mol. The summed E-state index contributed by atoms with van der Waals surface area (Å²) in [5.41, 5.74) is 1.71. The van der Waals surface area contributed by atoms with Crippen LogP contribution in [0.15, 0.2) is 36.7 Å². The first-order chi connectivity index (χ1) is 17.9. The van der Waals surface area contributed by atoms with Crippen molar-refractivity contribution < 1.29 is 19.4 Å². The number of hydrogen-bond donors (Lipinski definition) is 1. The fourth-order valence-corrected chi connectivity index (χ4v) is 4.81. The molecule has 3 atom stereocenters. The number of aromatic nitrogens is 2. The van der Waals surface area contributed by atoms with Crippen molar-refractivity contribution in [1.82, 2.24) is 19.8 Å².